The van der Waals surface area contributed by atoms with E-state index in [0.29, 0.717) is 32.3 Å². The van der Waals surface area contributed by atoms with Crippen LogP contribution in [0.5, 0.6) is 0 Å². The van der Waals surface area contributed by atoms with Gasteiger partial charge < -0.3 is 21.1 Å². The molecule has 2 atom stereocenters. The highest BCUT2D eigenvalue weighted by atomic mass is 16.4. The Bertz CT molecular complexity index is 569. The Morgan fingerprint density at radius 1 is 1.38 bits per heavy atom. The van der Waals surface area contributed by atoms with Crippen molar-refractivity contribution in [2.45, 2.75) is 31.2 Å². The van der Waals surface area contributed by atoms with Crippen LogP contribution in [0.1, 0.15) is 18.4 Å². The Kier molecular flexibility index (Phi) is 6.40. The molecule has 1 aliphatic heterocycles. The minimum absolute atomic E-state index is 0.0451. The zero-order chi connectivity index (χ0) is 17.6. The highest BCUT2D eigenvalue weighted by Gasteiger charge is 2.50. The van der Waals surface area contributed by atoms with Crippen LogP contribution in [0.2, 0.25) is 6.32 Å². The summed E-state index contributed by atoms with van der Waals surface area (Å²) < 4.78 is 0. The Morgan fingerprint density at radius 2 is 2.08 bits per heavy atom. The fraction of sp³-hybridized carbons (Fsp3) is 0.529. The minimum Gasteiger partial charge on any atom is -0.480 e. The van der Waals surface area contributed by atoms with Crippen molar-refractivity contribution in [3.8, 4) is 0 Å². The topological polar surface area (TPSA) is 95.7 Å². The lowest BCUT2D eigenvalue weighted by molar-refractivity contribution is -0.144. The summed E-state index contributed by atoms with van der Waals surface area (Å²) >= 11 is 0. The first-order chi connectivity index (χ1) is 11.5. The van der Waals surface area contributed by atoms with Gasteiger partial charge >= 0.3 is 5.97 Å². The molecule has 24 heavy (non-hydrogen) atoms. The Hall–Kier alpha value is -1.86. The van der Waals surface area contributed by atoms with Crippen LogP contribution >= 0.6 is 0 Å². The maximum atomic E-state index is 12.4. The number of carboxylic acids is 1. The van der Waals surface area contributed by atoms with E-state index < -0.39 is 11.5 Å². The van der Waals surface area contributed by atoms with Crippen LogP contribution in [-0.4, -0.2) is 54.9 Å². The van der Waals surface area contributed by atoms with Gasteiger partial charge in [0.25, 0.3) is 0 Å². The Labute approximate surface area is 143 Å². The first-order valence-electron chi connectivity index (χ1n) is 8.22. The molecule has 0 aliphatic carbocycles. The van der Waals surface area contributed by atoms with Gasteiger partial charge in [-0.1, -0.05) is 43.1 Å². The Balaban J connectivity index is 1.89. The van der Waals surface area contributed by atoms with E-state index in [1.54, 1.807) is 4.90 Å². The lowest BCUT2D eigenvalue weighted by Gasteiger charge is -2.25. The third-order valence-corrected chi connectivity index (χ3v) is 4.58. The first-order valence-corrected chi connectivity index (χ1v) is 8.22. The van der Waals surface area contributed by atoms with Crippen molar-refractivity contribution in [1.29, 1.82) is 0 Å². The molecule has 7 heteroatoms. The number of hydrogen-bond donors (Lipinski definition) is 3. The van der Waals surface area contributed by atoms with E-state index in [9.17, 15) is 14.7 Å². The maximum absolute atomic E-state index is 12.4. The number of benzene rings is 1. The number of carbonyl (C=O) groups excluding carboxylic acids is 1. The maximum Gasteiger partial charge on any atom is 0.325 e. The fourth-order valence-electron chi connectivity index (χ4n) is 3.11. The second-order valence-corrected chi connectivity index (χ2v) is 6.34. The van der Waals surface area contributed by atoms with Gasteiger partial charge in [0.1, 0.15) is 5.54 Å². The lowest BCUT2D eigenvalue weighted by Crippen LogP contribution is -2.55. The molecule has 1 aliphatic rings. The van der Waals surface area contributed by atoms with Crippen LogP contribution in [0.15, 0.2) is 30.3 Å². The van der Waals surface area contributed by atoms with Crippen LogP contribution in [-0.2, 0) is 16.1 Å². The second-order valence-electron chi connectivity index (χ2n) is 6.34. The molecule has 1 fully saturated rings. The third-order valence-electron chi connectivity index (χ3n) is 4.58. The monoisotopic (exact) mass is 329 g/mol. The van der Waals surface area contributed by atoms with Crippen molar-refractivity contribution < 1.29 is 14.7 Å². The summed E-state index contributed by atoms with van der Waals surface area (Å²) in [6.07, 6.45) is 1.80. The zero-order valence-electron chi connectivity index (χ0n) is 13.8. The molecule has 1 amide bonds. The highest BCUT2D eigenvalue weighted by Crippen LogP contribution is 2.30. The lowest BCUT2D eigenvalue weighted by atomic mass is 9.83. The number of hydrogen-bond acceptors (Lipinski definition) is 4. The van der Waals surface area contributed by atoms with Gasteiger partial charge in [0.15, 0.2) is 0 Å². The smallest absolute Gasteiger partial charge is 0.325 e. The summed E-state index contributed by atoms with van der Waals surface area (Å²) in [6.45, 7) is 1.16. The number of nitrogens with two attached hydrogens (primary N) is 1. The van der Waals surface area contributed by atoms with Gasteiger partial charge in [-0.25, -0.2) is 0 Å². The molecule has 0 bridgehead atoms. The Morgan fingerprint density at radius 3 is 2.71 bits per heavy atom. The van der Waals surface area contributed by atoms with Gasteiger partial charge in [0.05, 0.1) is 14.4 Å². The van der Waals surface area contributed by atoms with E-state index >= 15 is 0 Å². The van der Waals surface area contributed by atoms with E-state index in [1.807, 2.05) is 30.3 Å². The van der Waals surface area contributed by atoms with Gasteiger partial charge in [-0.15, -0.1) is 0 Å². The van der Waals surface area contributed by atoms with Crippen molar-refractivity contribution in [3.05, 3.63) is 35.9 Å². The quantitative estimate of drug-likeness (QED) is 0.600. The molecule has 1 aromatic rings. The number of nitrogens with zero attached hydrogens (tertiary/aromatic N) is 1. The number of nitrogens with one attached hydrogen (secondary N) is 1. The summed E-state index contributed by atoms with van der Waals surface area (Å²) in [5.74, 6) is -1.45. The highest BCUT2D eigenvalue weighted by molar-refractivity contribution is 6.08. The molecule has 6 nitrogen and oxygen atoms in total. The molecule has 128 valence electrons. The van der Waals surface area contributed by atoms with E-state index in [0.717, 1.165) is 5.56 Å². The van der Waals surface area contributed by atoms with Gasteiger partial charge in [-0.05, 0) is 12.0 Å². The standard InChI is InChI=1S/C17H24BN3O3/c18-8-4-7-14-11-21(12-17(14,19)16(23)24)15(22)10-20-9-13-5-2-1-3-6-13/h1-3,5-6,14,20H,4,7-12,19H2,(H,23,24). The second kappa shape index (κ2) is 8.30. The summed E-state index contributed by atoms with van der Waals surface area (Å²) in [4.78, 5) is 25.5. The molecule has 2 rings (SSSR count). The average molecular weight is 329 g/mol. The summed E-state index contributed by atoms with van der Waals surface area (Å²) in [5.41, 5.74) is 5.78. The number of carboxylic acid groups (broad SMARTS) is 1. The number of amides is 1. The molecular formula is C17H24BN3O3. The predicted octanol–water partition coefficient (Wildman–Crippen LogP) is 0.384. The van der Waals surface area contributed by atoms with Crippen molar-refractivity contribution in [3.63, 3.8) is 0 Å². The normalized spacial score (nSPS) is 23.4. The largest absolute Gasteiger partial charge is 0.480 e. The number of carbonyl (C=O) groups is 2. The number of likely N-dealkylation sites (tertiary alicyclic amines) is 1. The van der Waals surface area contributed by atoms with Gasteiger partial charge in [0.2, 0.25) is 5.91 Å². The van der Waals surface area contributed by atoms with Crippen LogP contribution < -0.4 is 11.1 Å². The summed E-state index contributed by atoms with van der Waals surface area (Å²) in [5, 5.41) is 12.6. The number of aliphatic carboxylic acids is 1. The van der Waals surface area contributed by atoms with Crippen LogP contribution in [0.25, 0.3) is 0 Å². The van der Waals surface area contributed by atoms with E-state index in [2.05, 4.69) is 5.32 Å². The molecule has 1 heterocycles. The van der Waals surface area contributed by atoms with E-state index in [-0.39, 0.29) is 24.9 Å². The third kappa shape index (κ3) is 4.36. The molecule has 2 radical (unpaired) electrons. The van der Waals surface area contributed by atoms with Gasteiger partial charge in [0, 0.05) is 25.6 Å². The average Bonchev–Trinajstić information content (AvgIpc) is 2.92. The van der Waals surface area contributed by atoms with Gasteiger partial charge in [-0.2, -0.15) is 0 Å². The fourth-order valence-corrected chi connectivity index (χ4v) is 3.11. The van der Waals surface area contributed by atoms with Crippen LogP contribution in [0.3, 0.4) is 0 Å². The zero-order valence-corrected chi connectivity index (χ0v) is 13.8. The van der Waals surface area contributed by atoms with Crippen molar-refractivity contribution in [2.75, 3.05) is 19.6 Å². The summed E-state index contributed by atoms with van der Waals surface area (Å²) in [6, 6.07) is 9.78. The van der Waals surface area contributed by atoms with E-state index in [4.69, 9.17) is 13.6 Å². The summed E-state index contributed by atoms with van der Waals surface area (Å²) in [7, 11) is 5.51. The molecule has 4 N–H and O–H groups in total. The minimum atomic E-state index is -1.38. The SMILES string of the molecule is [B]CCCC1CN(C(=O)CNCc2ccccc2)CC1(N)C(=O)O. The molecule has 0 spiro atoms. The van der Waals surface area contributed by atoms with Gasteiger partial charge in [-0.3, -0.25) is 9.59 Å². The molecule has 0 aromatic heterocycles. The van der Waals surface area contributed by atoms with Crippen LogP contribution in [0, 0.1) is 5.92 Å². The molecule has 0 saturated carbocycles. The molecular weight excluding hydrogens is 305 g/mol. The molecule has 1 saturated heterocycles. The van der Waals surface area contributed by atoms with Crippen molar-refractivity contribution in [2.24, 2.45) is 11.7 Å². The molecule has 2 unspecified atom stereocenters. The van der Waals surface area contributed by atoms with Crippen molar-refractivity contribution in [1.82, 2.24) is 10.2 Å². The number of rotatable bonds is 8. The van der Waals surface area contributed by atoms with E-state index in [1.165, 1.54) is 0 Å². The van der Waals surface area contributed by atoms with Crippen LogP contribution in [0.4, 0.5) is 0 Å². The van der Waals surface area contributed by atoms with Crippen molar-refractivity contribution >= 4 is 19.7 Å². The predicted molar refractivity (Wildman–Crippen MR) is 92.6 cm³/mol. The molecule has 1 aromatic carbocycles. The first kappa shape index (κ1) is 18.5.